The van der Waals surface area contributed by atoms with E-state index in [0.29, 0.717) is 0 Å². The van der Waals surface area contributed by atoms with Crippen LogP contribution in [0.15, 0.2) is 28.7 Å². The van der Waals surface area contributed by atoms with Crippen LogP contribution in [0.3, 0.4) is 0 Å². The Morgan fingerprint density at radius 2 is 1.24 bits per heavy atom. The van der Waals surface area contributed by atoms with Crippen molar-refractivity contribution in [2.24, 2.45) is 0 Å². The molecule has 0 radical (unpaired) electrons. The van der Waals surface area contributed by atoms with E-state index in [4.69, 9.17) is 4.42 Å². The van der Waals surface area contributed by atoms with E-state index in [1.165, 1.54) is 0 Å². The highest BCUT2D eigenvalue weighted by molar-refractivity contribution is 6.16. The lowest BCUT2D eigenvalue weighted by Gasteiger charge is -2.04. The maximum absolute atomic E-state index is 11.5. The fraction of sp³-hybridized carbons (Fsp3) is 0. The average molecular weight is 289 g/mol. The van der Waals surface area contributed by atoms with Crippen LogP contribution in [0, 0.1) is 0 Å². The molecule has 0 aliphatic carbocycles. The summed E-state index contributed by atoms with van der Waals surface area (Å²) < 4.78 is 5.36. The van der Waals surface area contributed by atoms with Gasteiger partial charge in [0.1, 0.15) is 39.3 Å². The predicted molar refractivity (Wildman–Crippen MR) is 71.7 cm³/mol. The lowest BCUT2D eigenvalue weighted by Crippen LogP contribution is -2.00. The molecule has 0 unspecified atom stereocenters. The first kappa shape index (κ1) is 12.8. The summed E-state index contributed by atoms with van der Waals surface area (Å²) in [6.07, 6.45) is 0. The zero-order chi connectivity index (χ0) is 15.3. The zero-order valence-electron chi connectivity index (χ0n) is 10.4. The molecule has 0 saturated heterocycles. The molecule has 0 aliphatic rings. The minimum Gasteiger partial charge on any atom is -0.507 e. The third-order valence-corrected chi connectivity index (χ3v) is 3.07. The number of benzene rings is 2. The van der Waals surface area contributed by atoms with Crippen LogP contribution in [0.25, 0.3) is 21.9 Å². The van der Waals surface area contributed by atoms with Gasteiger partial charge >= 0.3 is 17.1 Å². The molecule has 21 heavy (non-hydrogen) atoms. The van der Waals surface area contributed by atoms with Gasteiger partial charge in [-0.25, -0.2) is 9.21 Å². The van der Waals surface area contributed by atoms with Crippen LogP contribution in [0.5, 0.6) is 23.0 Å². The van der Waals surface area contributed by atoms with Crippen LogP contribution < -0.4 is 0 Å². The molecule has 106 valence electrons. The van der Waals surface area contributed by atoms with E-state index in [0.717, 1.165) is 24.3 Å². The van der Waals surface area contributed by atoms with Gasteiger partial charge in [-0.1, -0.05) is 0 Å². The third kappa shape index (κ3) is 1.83. The second-order valence-corrected chi connectivity index (χ2v) is 4.46. The molecular formula is C14H9O7+. The van der Waals surface area contributed by atoms with Gasteiger partial charge in [0.05, 0.1) is 12.1 Å². The highest BCUT2D eigenvalue weighted by Gasteiger charge is 2.29. The van der Waals surface area contributed by atoms with Crippen molar-refractivity contribution in [3.63, 3.8) is 0 Å². The summed E-state index contributed by atoms with van der Waals surface area (Å²) in [6.45, 7) is 0. The molecule has 0 atom stereocenters. The second-order valence-electron chi connectivity index (χ2n) is 4.46. The number of aromatic carboxylic acids is 1. The van der Waals surface area contributed by atoms with E-state index >= 15 is 0 Å². The van der Waals surface area contributed by atoms with Crippen LogP contribution >= 0.6 is 0 Å². The average Bonchev–Trinajstić information content (AvgIpc) is 2.35. The normalized spacial score (nSPS) is 11.0. The molecule has 0 fully saturated rings. The Labute approximate surface area is 116 Å². The molecule has 1 heterocycles. The summed E-state index contributed by atoms with van der Waals surface area (Å²) in [5, 5.41) is 47.7. The number of phenolic OH excluding ortho intramolecular Hbond substituents is 4. The molecule has 0 saturated carbocycles. The Morgan fingerprint density at radius 1 is 0.810 bits per heavy atom. The molecule has 7 heteroatoms. The summed E-state index contributed by atoms with van der Waals surface area (Å²) in [7, 11) is 0. The number of carbonyl (C=O) groups is 1. The van der Waals surface area contributed by atoms with Gasteiger partial charge in [0.15, 0.2) is 0 Å². The van der Waals surface area contributed by atoms with Crippen molar-refractivity contribution in [3.05, 3.63) is 29.8 Å². The summed E-state index contributed by atoms with van der Waals surface area (Å²) in [5.41, 5.74) is -0.578. The van der Waals surface area contributed by atoms with Crippen molar-refractivity contribution in [1.29, 1.82) is 0 Å². The molecule has 0 bridgehead atoms. The quantitative estimate of drug-likeness (QED) is 0.343. The van der Waals surface area contributed by atoms with Crippen molar-refractivity contribution in [2.75, 3.05) is 0 Å². The first-order valence-electron chi connectivity index (χ1n) is 5.79. The van der Waals surface area contributed by atoms with Gasteiger partial charge < -0.3 is 25.5 Å². The lowest BCUT2D eigenvalue weighted by molar-refractivity contribution is 0.0700. The van der Waals surface area contributed by atoms with Crippen molar-refractivity contribution < 1.29 is 34.7 Å². The monoisotopic (exact) mass is 289 g/mol. The summed E-state index contributed by atoms with van der Waals surface area (Å²) in [5.74, 6) is -3.03. The van der Waals surface area contributed by atoms with Crippen molar-refractivity contribution in [3.8, 4) is 23.0 Å². The number of carboxylic acids is 1. The minimum atomic E-state index is -1.40. The van der Waals surface area contributed by atoms with Gasteiger partial charge in [-0.3, -0.25) is 0 Å². The predicted octanol–water partition coefficient (Wildman–Crippen LogP) is 2.39. The largest absolute Gasteiger partial charge is 0.507 e. The molecule has 3 aromatic rings. The highest BCUT2D eigenvalue weighted by atomic mass is 16.4. The van der Waals surface area contributed by atoms with Gasteiger partial charge in [0.25, 0.3) is 0 Å². The molecular weight excluding hydrogens is 280 g/mol. The van der Waals surface area contributed by atoms with Gasteiger partial charge in [0, 0.05) is 12.1 Å². The van der Waals surface area contributed by atoms with Crippen molar-refractivity contribution in [1.82, 2.24) is 0 Å². The standard InChI is InChI=1S/C14H8O7/c15-5-1-7(17)11-9(3-5)21-10-4-6(16)2-8(18)12(10)13(11)14(19)20/h1-4H,(H4-,15,16,17,18,19,20)/p+1. The van der Waals surface area contributed by atoms with Crippen molar-refractivity contribution in [2.45, 2.75) is 0 Å². The van der Waals surface area contributed by atoms with E-state index in [9.17, 15) is 30.3 Å². The maximum atomic E-state index is 11.5. The SMILES string of the molecule is O=C(O)c1c2c(O)cc(O)cc2[o+]c2cc(O)cc(O)c12. The molecule has 7 nitrogen and oxygen atoms in total. The molecule has 2 aromatic carbocycles. The second kappa shape index (κ2) is 4.14. The number of rotatable bonds is 1. The summed E-state index contributed by atoms with van der Waals surface area (Å²) >= 11 is 0. The van der Waals surface area contributed by atoms with Gasteiger partial charge in [-0.15, -0.1) is 0 Å². The third-order valence-electron chi connectivity index (χ3n) is 3.07. The minimum absolute atomic E-state index is 0.0950. The molecule has 0 aliphatic heterocycles. The van der Waals surface area contributed by atoms with Crippen LogP contribution in [-0.2, 0) is 0 Å². The zero-order valence-corrected chi connectivity index (χ0v) is 10.4. The summed E-state index contributed by atoms with van der Waals surface area (Å²) in [6, 6.07) is 4.19. The fourth-order valence-electron chi connectivity index (χ4n) is 2.29. The fourth-order valence-corrected chi connectivity index (χ4v) is 2.29. The molecule has 0 spiro atoms. The Bertz CT molecular complexity index is 848. The molecule has 5 N–H and O–H groups in total. The number of aromatic hydroxyl groups is 4. The van der Waals surface area contributed by atoms with E-state index in [2.05, 4.69) is 0 Å². The first-order chi connectivity index (χ1) is 9.88. The Kier molecular flexibility index (Phi) is 2.52. The maximum Gasteiger partial charge on any atom is 0.369 e. The Morgan fingerprint density at radius 3 is 1.62 bits per heavy atom. The number of fused-ring (bicyclic) bond motifs is 2. The van der Waals surface area contributed by atoms with E-state index in [1.807, 2.05) is 0 Å². The number of phenols is 4. The highest BCUT2D eigenvalue weighted by Crippen LogP contribution is 2.41. The van der Waals surface area contributed by atoms with Crippen LogP contribution in [0.2, 0.25) is 0 Å². The van der Waals surface area contributed by atoms with E-state index < -0.39 is 17.5 Å². The van der Waals surface area contributed by atoms with Gasteiger partial charge in [-0.05, 0) is 0 Å². The van der Waals surface area contributed by atoms with Crippen molar-refractivity contribution >= 4 is 27.9 Å². The van der Waals surface area contributed by atoms with Crippen LogP contribution in [-0.4, -0.2) is 31.5 Å². The van der Waals surface area contributed by atoms with Crippen LogP contribution in [0.4, 0.5) is 0 Å². The van der Waals surface area contributed by atoms with E-state index in [1.54, 1.807) is 0 Å². The lowest BCUT2D eigenvalue weighted by atomic mass is 10.0. The Balaban J connectivity index is 2.66. The molecule has 1 aromatic heterocycles. The smallest absolute Gasteiger partial charge is 0.369 e. The van der Waals surface area contributed by atoms with Gasteiger partial charge in [0.2, 0.25) is 0 Å². The number of carboxylic acid groups (broad SMARTS) is 1. The van der Waals surface area contributed by atoms with E-state index in [-0.39, 0.29) is 39.0 Å². The number of hydrogen-bond acceptors (Lipinski definition) is 5. The first-order valence-corrected chi connectivity index (χ1v) is 5.79. The van der Waals surface area contributed by atoms with Gasteiger partial charge in [-0.2, -0.15) is 0 Å². The Hall–Kier alpha value is -3.22. The van der Waals surface area contributed by atoms with Crippen LogP contribution in [0.1, 0.15) is 10.4 Å². The summed E-state index contributed by atoms with van der Waals surface area (Å²) in [4.78, 5) is 11.5. The molecule has 0 amide bonds. The topological polar surface area (TPSA) is 130 Å². The molecule has 3 rings (SSSR count). The number of hydrogen-bond donors (Lipinski definition) is 5.